The molecule has 3 rings (SSSR count). The molecule has 0 aromatic carbocycles. The van der Waals surface area contributed by atoms with Crippen molar-refractivity contribution in [3.05, 3.63) is 35.8 Å². The first-order valence-electron chi connectivity index (χ1n) is 7.74. The number of rotatable bonds is 4. The van der Waals surface area contributed by atoms with E-state index in [0.717, 1.165) is 54.6 Å². The van der Waals surface area contributed by atoms with Crippen LogP contribution in [0, 0.1) is 13.8 Å². The Bertz CT molecular complexity index is 653. The number of hydrogen-bond donors (Lipinski definition) is 0. The number of aryl methyl sites for hydroxylation is 2. The average molecular weight is 298 g/mol. The van der Waals surface area contributed by atoms with Gasteiger partial charge < -0.3 is 9.64 Å². The third kappa shape index (κ3) is 3.25. The fourth-order valence-corrected chi connectivity index (χ4v) is 2.82. The summed E-state index contributed by atoms with van der Waals surface area (Å²) in [5, 5.41) is 0. The van der Waals surface area contributed by atoms with E-state index in [1.165, 1.54) is 0 Å². The first-order valence-corrected chi connectivity index (χ1v) is 7.74. The fraction of sp³-hybridized carbons (Fsp3) is 0.471. The first kappa shape index (κ1) is 14.9. The smallest absolute Gasteiger partial charge is 0.225 e. The highest BCUT2D eigenvalue weighted by molar-refractivity contribution is 5.62. The van der Waals surface area contributed by atoms with E-state index in [2.05, 4.69) is 20.9 Å². The zero-order valence-electron chi connectivity index (χ0n) is 13.4. The molecule has 0 bridgehead atoms. The largest absolute Gasteiger partial charge is 0.376 e. The Morgan fingerprint density at radius 1 is 1.23 bits per heavy atom. The van der Waals surface area contributed by atoms with E-state index in [1.807, 2.05) is 39.2 Å². The van der Waals surface area contributed by atoms with Gasteiger partial charge in [0, 0.05) is 43.3 Å². The molecule has 2 aromatic heterocycles. The Morgan fingerprint density at radius 2 is 2.09 bits per heavy atom. The normalized spacial score (nSPS) is 17.7. The minimum absolute atomic E-state index is 0.292. The molecule has 2 aromatic rings. The van der Waals surface area contributed by atoms with E-state index in [-0.39, 0.29) is 0 Å². The third-order valence-electron chi connectivity index (χ3n) is 3.99. The molecule has 5 nitrogen and oxygen atoms in total. The van der Waals surface area contributed by atoms with Gasteiger partial charge >= 0.3 is 0 Å². The van der Waals surface area contributed by atoms with Crippen molar-refractivity contribution >= 4 is 5.95 Å². The molecule has 1 unspecified atom stereocenters. The molecule has 0 aliphatic carbocycles. The quantitative estimate of drug-likeness (QED) is 0.868. The van der Waals surface area contributed by atoms with Gasteiger partial charge in [0.05, 0.1) is 11.8 Å². The number of likely N-dealkylation sites (N-methyl/N-ethyl adjacent to an activating group) is 1. The van der Waals surface area contributed by atoms with Gasteiger partial charge in [0.25, 0.3) is 0 Å². The Morgan fingerprint density at radius 3 is 2.82 bits per heavy atom. The second-order valence-electron chi connectivity index (χ2n) is 5.84. The summed E-state index contributed by atoms with van der Waals surface area (Å²) in [5.41, 5.74) is 3.98. The van der Waals surface area contributed by atoms with E-state index in [1.54, 1.807) is 0 Å². The van der Waals surface area contributed by atoms with Gasteiger partial charge in [-0.15, -0.1) is 0 Å². The molecule has 1 aliphatic heterocycles. The molecule has 0 saturated carbocycles. The SMILES string of the molecule is Cc1ccc(-c2ccnc(N(C)CC3CCCO3)n2)c(C)n1. The van der Waals surface area contributed by atoms with Crippen LogP contribution in [0.15, 0.2) is 24.4 Å². The molecule has 1 fully saturated rings. The topological polar surface area (TPSA) is 51.1 Å². The summed E-state index contributed by atoms with van der Waals surface area (Å²) in [5.74, 6) is 0.730. The molecule has 3 heterocycles. The van der Waals surface area contributed by atoms with Crippen LogP contribution in [0.5, 0.6) is 0 Å². The Balaban J connectivity index is 1.82. The predicted octanol–water partition coefficient (Wildman–Crippen LogP) is 2.77. The van der Waals surface area contributed by atoms with Gasteiger partial charge in [0.15, 0.2) is 0 Å². The monoisotopic (exact) mass is 298 g/mol. The van der Waals surface area contributed by atoms with E-state index < -0.39 is 0 Å². The molecule has 1 aliphatic rings. The molecule has 1 saturated heterocycles. The van der Waals surface area contributed by atoms with Crippen molar-refractivity contribution in [1.29, 1.82) is 0 Å². The minimum atomic E-state index is 0.292. The van der Waals surface area contributed by atoms with Crippen LogP contribution in [0.4, 0.5) is 5.95 Å². The van der Waals surface area contributed by atoms with Crippen LogP contribution in [-0.4, -0.2) is 41.3 Å². The van der Waals surface area contributed by atoms with E-state index in [4.69, 9.17) is 9.72 Å². The third-order valence-corrected chi connectivity index (χ3v) is 3.99. The van der Waals surface area contributed by atoms with Crippen molar-refractivity contribution in [2.45, 2.75) is 32.8 Å². The summed E-state index contributed by atoms with van der Waals surface area (Å²) < 4.78 is 5.69. The van der Waals surface area contributed by atoms with Crippen LogP contribution in [0.2, 0.25) is 0 Å². The molecule has 0 radical (unpaired) electrons. The first-order chi connectivity index (χ1) is 10.6. The van der Waals surface area contributed by atoms with Gasteiger partial charge in [-0.3, -0.25) is 4.98 Å². The molecule has 0 amide bonds. The lowest BCUT2D eigenvalue weighted by molar-refractivity contribution is 0.116. The number of anilines is 1. The Hall–Kier alpha value is -2.01. The number of nitrogens with zero attached hydrogens (tertiary/aromatic N) is 4. The summed E-state index contributed by atoms with van der Waals surface area (Å²) in [6, 6.07) is 6.02. The fourth-order valence-electron chi connectivity index (χ4n) is 2.82. The lowest BCUT2D eigenvalue weighted by atomic mass is 10.1. The summed E-state index contributed by atoms with van der Waals surface area (Å²) in [6.45, 7) is 5.71. The molecular weight excluding hydrogens is 276 g/mol. The van der Waals surface area contributed by atoms with Crippen LogP contribution < -0.4 is 4.90 Å². The van der Waals surface area contributed by atoms with Crippen LogP contribution in [0.1, 0.15) is 24.2 Å². The van der Waals surface area contributed by atoms with Crippen molar-refractivity contribution in [2.24, 2.45) is 0 Å². The van der Waals surface area contributed by atoms with Gasteiger partial charge in [0.2, 0.25) is 5.95 Å². The minimum Gasteiger partial charge on any atom is -0.376 e. The van der Waals surface area contributed by atoms with Gasteiger partial charge in [-0.05, 0) is 44.9 Å². The molecule has 5 heteroatoms. The Labute approximate surface area is 131 Å². The van der Waals surface area contributed by atoms with Crippen LogP contribution >= 0.6 is 0 Å². The maximum absolute atomic E-state index is 5.69. The second kappa shape index (κ2) is 6.40. The average Bonchev–Trinajstić information content (AvgIpc) is 3.00. The maximum atomic E-state index is 5.69. The zero-order valence-corrected chi connectivity index (χ0v) is 13.4. The summed E-state index contributed by atoms with van der Waals surface area (Å²) in [6.07, 6.45) is 4.36. The number of ether oxygens (including phenoxy) is 1. The zero-order chi connectivity index (χ0) is 15.5. The Kier molecular flexibility index (Phi) is 4.34. The molecule has 22 heavy (non-hydrogen) atoms. The molecule has 0 N–H and O–H groups in total. The number of hydrogen-bond acceptors (Lipinski definition) is 5. The standard InChI is InChI=1S/C17H22N4O/c1-12-6-7-15(13(2)19-12)16-8-9-18-17(20-16)21(3)11-14-5-4-10-22-14/h6-9,14H,4-5,10-11H2,1-3H3. The van der Waals surface area contributed by atoms with Crippen molar-refractivity contribution in [3.8, 4) is 11.3 Å². The highest BCUT2D eigenvalue weighted by Crippen LogP contribution is 2.22. The second-order valence-corrected chi connectivity index (χ2v) is 5.84. The number of pyridine rings is 1. The summed E-state index contributed by atoms with van der Waals surface area (Å²) >= 11 is 0. The van der Waals surface area contributed by atoms with E-state index in [0.29, 0.717) is 6.10 Å². The van der Waals surface area contributed by atoms with Crippen molar-refractivity contribution in [2.75, 3.05) is 25.1 Å². The van der Waals surface area contributed by atoms with Crippen molar-refractivity contribution in [1.82, 2.24) is 15.0 Å². The highest BCUT2D eigenvalue weighted by atomic mass is 16.5. The van der Waals surface area contributed by atoms with E-state index in [9.17, 15) is 0 Å². The van der Waals surface area contributed by atoms with Crippen LogP contribution in [-0.2, 0) is 4.74 Å². The summed E-state index contributed by atoms with van der Waals surface area (Å²) in [7, 11) is 2.01. The predicted molar refractivity (Wildman–Crippen MR) is 87.0 cm³/mol. The van der Waals surface area contributed by atoms with Gasteiger partial charge in [-0.2, -0.15) is 0 Å². The summed E-state index contributed by atoms with van der Waals surface area (Å²) in [4.78, 5) is 15.7. The highest BCUT2D eigenvalue weighted by Gasteiger charge is 2.19. The molecule has 116 valence electrons. The van der Waals surface area contributed by atoms with Gasteiger partial charge in [-0.25, -0.2) is 9.97 Å². The molecule has 0 spiro atoms. The lowest BCUT2D eigenvalue weighted by Gasteiger charge is -2.21. The molecular formula is C17H22N4O. The maximum Gasteiger partial charge on any atom is 0.225 e. The van der Waals surface area contributed by atoms with Crippen molar-refractivity contribution in [3.63, 3.8) is 0 Å². The van der Waals surface area contributed by atoms with Crippen LogP contribution in [0.3, 0.4) is 0 Å². The van der Waals surface area contributed by atoms with Gasteiger partial charge in [-0.1, -0.05) is 0 Å². The van der Waals surface area contributed by atoms with Crippen LogP contribution in [0.25, 0.3) is 11.3 Å². The van der Waals surface area contributed by atoms with Gasteiger partial charge in [0.1, 0.15) is 0 Å². The molecule has 1 atom stereocenters. The van der Waals surface area contributed by atoms with Crippen molar-refractivity contribution < 1.29 is 4.74 Å². The number of aromatic nitrogens is 3. The van der Waals surface area contributed by atoms with E-state index >= 15 is 0 Å². The lowest BCUT2D eigenvalue weighted by Crippen LogP contribution is -2.29.